The van der Waals surface area contributed by atoms with Gasteiger partial charge in [0.15, 0.2) is 45.9 Å². The highest BCUT2D eigenvalue weighted by atomic mass is 16.5. The van der Waals surface area contributed by atoms with Gasteiger partial charge < -0.3 is 30.9 Å². The van der Waals surface area contributed by atoms with Crippen LogP contribution in [-0.2, 0) is 32.5 Å². The van der Waals surface area contributed by atoms with E-state index in [1.807, 2.05) is 48.5 Å². The Balaban J connectivity index is 1.01. The van der Waals surface area contributed by atoms with Crippen molar-refractivity contribution in [3.8, 4) is 148 Å². The largest absolute Gasteiger partial charge is 0.494 e. The number of rotatable bonds is 22. The van der Waals surface area contributed by atoms with Crippen LogP contribution < -0.4 is 20.9 Å². The van der Waals surface area contributed by atoms with Crippen LogP contribution in [0.4, 0.5) is 0 Å². The highest BCUT2D eigenvalue weighted by Crippen LogP contribution is 2.46. The van der Waals surface area contributed by atoms with Gasteiger partial charge in [-0.05, 0) is 153 Å². The second-order valence-electron chi connectivity index (χ2n) is 40.2. The molecule has 0 saturated heterocycles. The summed E-state index contributed by atoms with van der Waals surface area (Å²) < 4.78 is 12.8. The van der Waals surface area contributed by atoms with Crippen molar-refractivity contribution < 1.29 is 9.47 Å². The van der Waals surface area contributed by atoms with Crippen LogP contribution in [0.25, 0.3) is 181 Å². The van der Waals surface area contributed by atoms with Gasteiger partial charge in [0.05, 0.1) is 58.8 Å². The molecule has 8 aromatic carbocycles. The zero-order valence-corrected chi connectivity index (χ0v) is 77.2. The summed E-state index contributed by atoms with van der Waals surface area (Å²) in [5.41, 5.74) is 33.4. The van der Waals surface area contributed by atoms with Crippen molar-refractivity contribution >= 4 is 44.7 Å². The molecule has 9 heterocycles. The van der Waals surface area contributed by atoms with E-state index in [9.17, 15) is 0 Å². The molecular formula is C108H116N18O2. The van der Waals surface area contributed by atoms with Crippen LogP contribution in [0.2, 0.25) is 0 Å². The smallest absolute Gasteiger partial charge is 0.184 e. The Labute approximate surface area is 750 Å². The van der Waals surface area contributed by atoms with E-state index in [0.717, 1.165) is 107 Å². The summed E-state index contributed by atoms with van der Waals surface area (Å²) in [6.07, 6.45) is 7.93. The van der Waals surface area contributed by atoms with Crippen molar-refractivity contribution in [2.75, 3.05) is 26.3 Å². The lowest BCUT2D eigenvalue weighted by Crippen LogP contribution is -2.11. The van der Waals surface area contributed by atoms with Crippen LogP contribution in [0.3, 0.4) is 0 Å². The molecule has 0 unspecified atom stereocenters. The second kappa shape index (κ2) is 34.6. The Bertz CT molecular complexity index is 6410. The monoisotopic (exact) mass is 1700 g/mol. The number of benzene rings is 8. The van der Waals surface area contributed by atoms with Crippen LogP contribution in [0.5, 0.6) is 11.5 Å². The van der Waals surface area contributed by atoms with Gasteiger partial charge in [0.25, 0.3) is 0 Å². The molecule has 0 amide bonds. The molecule has 0 radical (unpaired) electrons. The van der Waals surface area contributed by atoms with Gasteiger partial charge in [-0.2, -0.15) is 0 Å². The number of nitrogens with zero attached hydrogens (tertiary/aromatic N) is 14. The van der Waals surface area contributed by atoms with Crippen molar-refractivity contribution in [3.63, 3.8) is 0 Å². The molecule has 0 spiro atoms. The fourth-order valence-corrected chi connectivity index (χ4v) is 16.3. The summed E-state index contributed by atoms with van der Waals surface area (Å²) in [6.45, 7) is 42.4. The Morgan fingerprint density at radius 2 is 0.383 bits per heavy atom. The molecule has 0 atom stereocenters. The molecule has 128 heavy (non-hydrogen) atoms. The Kier molecular flexibility index (Phi) is 23.5. The van der Waals surface area contributed by atoms with Gasteiger partial charge in [0.1, 0.15) is 56.3 Å². The summed E-state index contributed by atoms with van der Waals surface area (Å²) in [5.74, 6) is 2.21. The van der Waals surface area contributed by atoms with Crippen molar-refractivity contribution in [2.45, 2.75) is 208 Å². The summed E-state index contributed by atoms with van der Waals surface area (Å²) in [5, 5.41) is 0. The van der Waals surface area contributed by atoms with Gasteiger partial charge in [0.2, 0.25) is 0 Å². The number of nitrogens with one attached hydrogen (secondary N) is 2. The zero-order chi connectivity index (χ0) is 89.9. The lowest BCUT2D eigenvalue weighted by Gasteiger charge is -2.20. The van der Waals surface area contributed by atoms with Crippen LogP contribution in [0.15, 0.2) is 194 Å². The minimum atomic E-state index is -0.139. The second-order valence-corrected chi connectivity index (χ2v) is 40.2. The highest BCUT2D eigenvalue weighted by molar-refractivity contribution is 6.05. The Morgan fingerprint density at radius 1 is 0.203 bits per heavy atom. The molecular weight excluding hydrogens is 1580 g/mol. The molecule has 2 aliphatic rings. The van der Waals surface area contributed by atoms with Crippen LogP contribution in [0, 0.1) is 0 Å². The predicted molar refractivity (Wildman–Crippen MR) is 520 cm³/mol. The van der Waals surface area contributed by atoms with E-state index >= 15 is 0 Å². The number of aromatic nitrogens is 16. The molecule has 2 aliphatic heterocycles. The predicted octanol–water partition coefficient (Wildman–Crippen LogP) is 24.9. The molecule has 8 bridgehead atoms. The molecule has 20 heteroatoms. The summed E-state index contributed by atoms with van der Waals surface area (Å²) >= 11 is 0. The van der Waals surface area contributed by atoms with E-state index in [4.69, 9.17) is 90.7 Å². The molecule has 7 aromatic heterocycles. The average molecular weight is 1700 g/mol. The zero-order valence-electron chi connectivity index (χ0n) is 77.2. The van der Waals surface area contributed by atoms with E-state index in [-0.39, 0.29) is 78.4 Å². The van der Waals surface area contributed by atoms with Gasteiger partial charge >= 0.3 is 0 Å². The molecule has 0 saturated carbocycles. The van der Waals surface area contributed by atoms with Gasteiger partial charge in [-0.1, -0.05) is 296 Å². The van der Waals surface area contributed by atoms with Gasteiger partial charge in [-0.25, -0.2) is 69.8 Å². The van der Waals surface area contributed by atoms with E-state index in [0.29, 0.717) is 117 Å². The molecule has 20 nitrogen and oxygen atoms in total. The number of aromatic amines is 2. The van der Waals surface area contributed by atoms with E-state index in [1.54, 1.807) is 0 Å². The van der Waals surface area contributed by atoms with Gasteiger partial charge in [0, 0.05) is 44.5 Å². The topological polar surface area (TPSA) is 283 Å². The Hall–Kier alpha value is -13.0. The number of hydrogen-bond donors (Lipinski definition) is 4. The van der Waals surface area contributed by atoms with Gasteiger partial charge in [-0.15, -0.1) is 0 Å². The molecule has 15 aromatic rings. The average Bonchev–Trinajstić information content (AvgIpc) is 1.57. The number of fused-ring (bicyclic) bond motifs is 20. The first-order chi connectivity index (χ1) is 61.1. The lowest BCUT2D eigenvalue weighted by atomic mass is 9.85. The maximum Gasteiger partial charge on any atom is 0.184 e. The molecule has 17 rings (SSSR count). The highest BCUT2D eigenvalue weighted by Gasteiger charge is 2.34. The SMILES string of the molecule is CC(C)(C)c1ccc(-c2nc3c(nc2-c2ccc(C(C)(C)C)cc2)-c2nc-3nc3[nH]c(nc4nc(nc5[nH]c(n2)c2nc(-c6ccc(C(C)(C)C)cc6)c(-c6ccc(C(C)(C)C)cc6)nc52)-c2nc(-c5ccc(C(C)(C)C)cc5)c(-c5ccc(C(C)(C)C)cc5)nc2-4)c2nc(-c4ccc(OCCCCCCN)cc4)c(-c4ccc(OCCCCCCN)cc4)nc32)cc1. The quantitative estimate of drug-likeness (QED) is 0.0459. The van der Waals surface area contributed by atoms with Crippen LogP contribution in [-0.4, -0.2) is 106 Å². The maximum absolute atomic E-state index is 6.40. The fourth-order valence-electron chi connectivity index (χ4n) is 16.3. The first kappa shape index (κ1) is 87.1. The fraction of sp³-hybridized carbons (Fsp3) is 0.333. The standard InChI is InChI=1S/C108H116N18O2/c1-103(2,3)71-43-27-63(28-44-71)79-80(64-29-45-72(46-30-64)104(4,5)6)112-88-87(111-79)95-119-96(88)121-98-90-92(116-84(68-37-53-76(54-38-68)108(16,17)18)82(114-90)66-33-49-74(50-34-66)106(10,11)12)100(123-98)125-102-94-93(117-85(69-39-55-77(56-40-69)127-61-25-21-19-23-59-109)86(118-94)70-41-57-78(58-42-70)128-62-26-22-20-24-60-110)101(126-102)124-99-91-89(97(120-95)122-99)113-81(65-31-47-73(48-32-65)105(7,8)9)83(115-91)67-35-51-75(52-36-67)107(13,14)15/h27-58H,19-26,59-62,109-110H2,1-18H3,(H2,119,120,121,122,123,124,125,126). The minimum absolute atomic E-state index is 0.135. The number of unbranched alkanes of at least 4 members (excludes halogenated alkanes) is 6. The summed E-state index contributed by atoms with van der Waals surface area (Å²) in [7, 11) is 0. The minimum Gasteiger partial charge on any atom is -0.494 e. The van der Waals surface area contributed by atoms with Crippen molar-refractivity contribution in [1.29, 1.82) is 0 Å². The third-order valence-corrected chi connectivity index (χ3v) is 24.2. The summed E-state index contributed by atoms with van der Waals surface area (Å²) in [6, 6.07) is 67.8. The van der Waals surface area contributed by atoms with E-state index in [1.165, 1.54) is 33.4 Å². The van der Waals surface area contributed by atoms with Gasteiger partial charge in [-0.3, -0.25) is 0 Å². The first-order valence-electron chi connectivity index (χ1n) is 45.1. The number of nitrogens with two attached hydrogens (primary N) is 2. The van der Waals surface area contributed by atoms with Crippen molar-refractivity contribution in [3.05, 3.63) is 228 Å². The van der Waals surface area contributed by atoms with Crippen LogP contribution >= 0.6 is 0 Å². The third-order valence-electron chi connectivity index (χ3n) is 24.2. The lowest BCUT2D eigenvalue weighted by molar-refractivity contribution is 0.304. The number of H-pyrrole nitrogens is 2. The third kappa shape index (κ3) is 18.2. The molecule has 650 valence electrons. The normalized spacial score (nSPS) is 12.6. The van der Waals surface area contributed by atoms with E-state index in [2.05, 4.69) is 280 Å². The molecule has 0 fully saturated rings. The number of ether oxygens (including phenoxy) is 2. The first-order valence-corrected chi connectivity index (χ1v) is 45.1. The molecule has 6 N–H and O–H groups in total. The summed E-state index contributed by atoms with van der Waals surface area (Å²) in [4.78, 5) is 87.6. The van der Waals surface area contributed by atoms with Crippen molar-refractivity contribution in [2.24, 2.45) is 11.5 Å². The Morgan fingerprint density at radius 3 is 0.570 bits per heavy atom. The molecule has 0 aliphatic carbocycles. The van der Waals surface area contributed by atoms with Crippen LogP contribution in [0.1, 0.15) is 209 Å². The number of hydrogen-bond acceptors (Lipinski definition) is 18. The van der Waals surface area contributed by atoms with Crippen molar-refractivity contribution in [1.82, 2.24) is 79.7 Å². The maximum atomic E-state index is 6.40. The van der Waals surface area contributed by atoms with E-state index < -0.39 is 0 Å².